The lowest BCUT2D eigenvalue weighted by atomic mass is 10.0. The van der Waals surface area contributed by atoms with E-state index >= 15 is 0 Å². The van der Waals surface area contributed by atoms with Gasteiger partial charge in [0, 0.05) is 6.54 Å². The van der Waals surface area contributed by atoms with Crippen LogP contribution in [0.25, 0.3) is 0 Å². The van der Waals surface area contributed by atoms with Gasteiger partial charge in [-0.3, -0.25) is 4.79 Å². The summed E-state index contributed by atoms with van der Waals surface area (Å²) in [4.78, 5) is 13.9. The third-order valence-electron chi connectivity index (χ3n) is 2.99. The molecule has 92 valence electrons. The van der Waals surface area contributed by atoms with Crippen LogP contribution in [0.3, 0.4) is 0 Å². The summed E-state index contributed by atoms with van der Waals surface area (Å²) in [5.41, 5.74) is -0.264. The number of hydrogen-bond acceptors (Lipinski definition) is 2. The number of ether oxygens (including phenoxy) is 1. The maximum Gasteiger partial charge on any atom is 0.257 e. The topological polar surface area (TPSA) is 29.5 Å². The molecule has 1 heterocycles. The molecule has 17 heavy (non-hydrogen) atoms. The summed E-state index contributed by atoms with van der Waals surface area (Å²) in [6, 6.07) is 6.07. The standard InChI is InChI=1S/C13H16FNO2/c1-13(2)9-17-8-7-15(13)12(16)10-5-3-4-6-11(10)14/h3-6H,7-9H2,1-2H3. The SMILES string of the molecule is CC1(C)COCCN1C(=O)c1ccccc1F. The van der Waals surface area contributed by atoms with Crippen molar-refractivity contribution in [1.29, 1.82) is 0 Å². The minimum Gasteiger partial charge on any atom is -0.377 e. The molecule has 2 rings (SSSR count). The molecule has 1 aliphatic heterocycles. The maximum atomic E-state index is 13.6. The van der Waals surface area contributed by atoms with Gasteiger partial charge in [-0.05, 0) is 26.0 Å². The van der Waals surface area contributed by atoms with Gasteiger partial charge < -0.3 is 9.64 Å². The smallest absolute Gasteiger partial charge is 0.257 e. The van der Waals surface area contributed by atoms with E-state index in [2.05, 4.69) is 0 Å². The Balaban J connectivity index is 2.28. The van der Waals surface area contributed by atoms with Crippen molar-refractivity contribution in [3.63, 3.8) is 0 Å². The summed E-state index contributed by atoms with van der Waals surface area (Å²) < 4.78 is 18.9. The predicted octanol–water partition coefficient (Wildman–Crippen LogP) is 2.08. The van der Waals surface area contributed by atoms with Crippen LogP contribution >= 0.6 is 0 Å². The molecule has 1 fully saturated rings. The molecule has 1 saturated heterocycles. The molecular weight excluding hydrogens is 221 g/mol. The van der Waals surface area contributed by atoms with Crippen LogP contribution in [-0.2, 0) is 4.74 Å². The van der Waals surface area contributed by atoms with Crippen molar-refractivity contribution < 1.29 is 13.9 Å². The Morgan fingerprint density at radius 1 is 1.41 bits per heavy atom. The summed E-state index contributed by atoms with van der Waals surface area (Å²) >= 11 is 0. The van der Waals surface area contributed by atoms with Crippen molar-refractivity contribution in [3.8, 4) is 0 Å². The van der Waals surface area contributed by atoms with Crippen LogP contribution in [0.5, 0.6) is 0 Å². The van der Waals surface area contributed by atoms with Crippen molar-refractivity contribution in [2.75, 3.05) is 19.8 Å². The fraction of sp³-hybridized carbons (Fsp3) is 0.462. The number of morpholine rings is 1. The zero-order chi connectivity index (χ0) is 12.5. The fourth-order valence-electron chi connectivity index (χ4n) is 2.01. The Kier molecular flexibility index (Phi) is 3.15. The molecule has 0 unspecified atom stereocenters. The van der Waals surface area contributed by atoms with Crippen LogP contribution in [0.1, 0.15) is 24.2 Å². The lowest BCUT2D eigenvalue weighted by Gasteiger charge is -2.42. The monoisotopic (exact) mass is 237 g/mol. The first-order valence-electron chi connectivity index (χ1n) is 5.66. The van der Waals surface area contributed by atoms with Gasteiger partial charge in [-0.25, -0.2) is 4.39 Å². The van der Waals surface area contributed by atoms with E-state index in [1.165, 1.54) is 12.1 Å². The van der Waals surface area contributed by atoms with Crippen molar-refractivity contribution in [2.45, 2.75) is 19.4 Å². The van der Waals surface area contributed by atoms with Crippen LogP contribution in [0.2, 0.25) is 0 Å². The molecule has 0 atom stereocenters. The predicted molar refractivity (Wildman–Crippen MR) is 62.3 cm³/mol. The molecule has 0 aromatic heterocycles. The highest BCUT2D eigenvalue weighted by Gasteiger charge is 2.35. The Morgan fingerprint density at radius 3 is 2.76 bits per heavy atom. The second kappa shape index (κ2) is 4.45. The molecule has 1 aromatic rings. The van der Waals surface area contributed by atoms with E-state index in [9.17, 15) is 9.18 Å². The number of rotatable bonds is 1. The van der Waals surface area contributed by atoms with E-state index in [1.807, 2.05) is 13.8 Å². The van der Waals surface area contributed by atoms with Gasteiger partial charge in [0.05, 0.1) is 24.3 Å². The highest BCUT2D eigenvalue weighted by Crippen LogP contribution is 2.22. The Labute approximate surface area is 100 Å². The average Bonchev–Trinajstić information content (AvgIpc) is 2.28. The van der Waals surface area contributed by atoms with Gasteiger partial charge in [0.25, 0.3) is 5.91 Å². The normalized spacial score (nSPS) is 19.1. The third-order valence-corrected chi connectivity index (χ3v) is 2.99. The molecule has 1 aromatic carbocycles. The van der Waals surface area contributed by atoms with Gasteiger partial charge in [0.1, 0.15) is 5.82 Å². The van der Waals surface area contributed by atoms with Crippen LogP contribution in [0.15, 0.2) is 24.3 Å². The second-order valence-electron chi connectivity index (χ2n) is 4.80. The summed E-state index contributed by atoms with van der Waals surface area (Å²) in [5, 5.41) is 0. The second-order valence-corrected chi connectivity index (χ2v) is 4.80. The van der Waals surface area contributed by atoms with E-state index in [1.54, 1.807) is 17.0 Å². The van der Waals surface area contributed by atoms with Crippen molar-refractivity contribution in [2.24, 2.45) is 0 Å². The molecule has 0 aliphatic carbocycles. The first-order chi connectivity index (χ1) is 8.02. The van der Waals surface area contributed by atoms with Gasteiger partial charge in [-0.1, -0.05) is 12.1 Å². The quantitative estimate of drug-likeness (QED) is 0.748. The van der Waals surface area contributed by atoms with Crippen molar-refractivity contribution in [3.05, 3.63) is 35.6 Å². The van der Waals surface area contributed by atoms with Gasteiger partial charge in [0.2, 0.25) is 0 Å². The van der Waals surface area contributed by atoms with Crippen LogP contribution in [0.4, 0.5) is 4.39 Å². The minimum atomic E-state index is -0.472. The summed E-state index contributed by atoms with van der Waals surface area (Å²) in [7, 11) is 0. The summed E-state index contributed by atoms with van der Waals surface area (Å²) in [6.45, 7) is 5.33. The van der Waals surface area contributed by atoms with E-state index in [4.69, 9.17) is 4.74 Å². The molecule has 0 saturated carbocycles. The summed E-state index contributed by atoms with van der Waals surface area (Å²) in [6.07, 6.45) is 0. The number of halogens is 1. The molecule has 0 N–H and O–H groups in total. The lowest BCUT2D eigenvalue weighted by Crippen LogP contribution is -2.55. The third kappa shape index (κ3) is 2.31. The van der Waals surface area contributed by atoms with Gasteiger partial charge >= 0.3 is 0 Å². The van der Waals surface area contributed by atoms with Crippen LogP contribution in [-0.4, -0.2) is 36.1 Å². The lowest BCUT2D eigenvalue weighted by molar-refractivity contribution is -0.0372. The number of nitrogens with zero attached hydrogens (tertiary/aromatic N) is 1. The molecule has 0 bridgehead atoms. The zero-order valence-corrected chi connectivity index (χ0v) is 10.1. The van der Waals surface area contributed by atoms with E-state index in [0.717, 1.165) is 0 Å². The molecule has 4 heteroatoms. The number of benzene rings is 1. The number of carbonyl (C=O) groups excluding carboxylic acids is 1. The van der Waals surface area contributed by atoms with Crippen LogP contribution in [0, 0.1) is 5.82 Å². The summed E-state index contributed by atoms with van der Waals surface area (Å²) in [5.74, 6) is -0.740. The highest BCUT2D eigenvalue weighted by molar-refractivity contribution is 5.95. The number of amides is 1. The molecule has 0 spiro atoms. The molecule has 1 aliphatic rings. The van der Waals surface area contributed by atoms with Gasteiger partial charge in [0.15, 0.2) is 0 Å². The average molecular weight is 237 g/mol. The number of hydrogen-bond donors (Lipinski definition) is 0. The first kappa shape index (κ1) is 12.0. The van der Waals surface area contributed by atoms with E-state index in [-0.39, 0.29) is 11.5 Å². The number of carbonyl (C=O) groups is 1. The van der Waals surface area contributed by atoms with Crippen LogP contribution < -0.4 is 0 Å². The first-order valence-corrected chi connectivity index (χ1v) is 5.66. The largest absolute Gasteiger partial charge is 0.377 e. The Bertz CT molecular complexity index is 431. The van der Waals surface area contributed by atoms with E-state index in [0.29, 0.717) is 19.8 Å². The Morgan fingerprint density at radius 2 is 2.12 bits per heavy atom. The minimum absolute atomic E-state index is 0.127. The van der Waals surface area contributed by atoms with E-state index < -0.39 is 11.4 Å². The fourth-order valence-corrected chi connectivity index (χ4v) is 2.01. The highest BCUT2D eigenvalue weighted by atomic mass is 19.1. The van der Waals surface area contributed by atoms with Crippen molar-refractivity contribution in [1.82, 2.24) is 4.90 Å². The zero-order valence-electron chi connectivity index (χ0n) is 10.1. The maximum absolute atomic E-state index is 13.6. The molecular formula is C13H16FNO2. The molecule has 1 amide bonds. The van der Waals surface area contributed by atoms with Gasteiger partial charge in [-0.15, -0.1) is 0 Å². The Hall–Kier alpha value is -1.42. The van der Waals surface area contributed by atoms with Gasteiger partial charge in [-0.2, -0.15) is 0 Å². The molecule has 3 nitrogen and oxygen atoms in total. The van der Waals surface area contributed by atoms with Crippen molar-refractivity contribution >= 4 is 5.91 Å². The molecule has 0 radical (unpaired) electrons.